The lowest BCUT2D eigenvalue weighted by Gasteiger charge is -2.30. The molecule has 29 heavy (non-hydrogen) atoms. The van der Waals surface area contributed by atoms with Crippen molar-refractivity contribution in [2.24, 2.45) is 5.92 Å². The van der Waals surface area contributed by atoms with Crippen LogP contribution < -0.4 is 10.0 Å². The standard InChI is InChI=1S/C20H27N3O5S/c1-14-6-3-4-7-18(14)23-19(24)15(2)28-20(25)16-8-10-17(11-9-16)29(26,27)22-13-5-12-21/h8-11,14-15,18,22H,3-7,13H2,1-2H3,(H,23,24). The van der Waals surface area contributed by atoms with E-state index in [0.29, 0.717) is 5.92 Å². The highest BCUT2D eigenvalue weighted by Crippen LogP contribution is 2.23. The largest absolute Gasteiger partial charge is 0.449 e. The quantitative estimate of drug-likeness (QED) is 0.489. The molecular weight excluding hydrogens is 394 g/mol. The molecule has 0 radical (unpaired) electrons. The number of nitriles is 1. The van der Waals surface area contributed by atoms with Crippen LogP contribution in [0.1, 0.15) is 56.3 Å². The van der Waals surface area contributed by atoms with Crippen LogP contribution in [0.3, 0.4) is 0 Å². The number of nitrogens with zero attached hydrogens (tertiary/aromatic N) is 1. The topological polar surface area (TPSA) is 125 Å². The first-order valence-electron chi connectivity index (χ1n) is 9.72. The maximum absolute atomic E-state index is 12.3. The average molecular weight is 422 g/mol. The summed E-state index contributed by atoms with van der Waals surface area (Å²) in [5.41, 5.74) is 0.145. The summed E-state index contributed by atoms with van der Waals surface area (Å²) in [7, 11) is -3.75. The Hall–Kier alpha value is -2.44. The molecule has 0 heterocycles. The molecule has 1 aromatic rings. The lowest BCUT2D eigenvalue weighted by molar-refractivity contribution is -0.130. The SMILES string of the molecule is CC(OC(=O)c1ccc(S(=O)(=O)NCCC#N)cc1)C(=O)NC1CCCCC1C. The lowest BCUT2D eigenvalue weighted by Crippen LogP contribution is -2.45. The third-order valence-electron chi connectivity index (χ3n) is 5.02. The van der Waals surface area contributed by atoms with Gasteiger partial charge in [-0.3, -0.25) is 4.79 Å². The highest BCUT2D eigenvalue weighted by Gasteiger charge is 2.26. The number of rotatable bonds is 8. The van der Waals surface area contributed by atoms with Crippen LogP contribution in [0.25, 0.3) is 0 Å². The number of sulfonamides is 1. The molecule has 3 unspecified atom stereocenters. The summed E-state index contributed by atoms with van der Waals surface area (Å²) in [4.78, 5) is 24.6. The van der Waals surface area contributed by atoms with E-state index in [-0.39, 0.29) is 35.4 Å². The summed E-state index contributed by atoms with van der Waals surface area (Å²) in [6, 6.07) is 7.16. The number of carbonyl (C=O) groups is 2. The zero-order chi connectivity index (χ0) is 21.4. The number of esters is 1. The molecule has 9 heteroatoms. The molecule has 1 fully saturated rings. The molecule has 2 N–H and O–H groups in total. The van der Waals surface area contributed by atoms with Gasteiger partial charge in [0.1, 0.15) is 0 Å². The molecule has 0 saturated heterocycles. The van der Waals surface area contributed by atoms with Crippen LogP contribution in [0.2, 0.25) is 0 Å². The van der Waals surface area contributed by atoms with Gasteiger partial charge < -0.3 is 10.1 Å². The molecule has 1 aliphatic rings. The first-order chi connectivity index (χ1) is 13.7. The van der Waals surface area contributed by atoms with Crippen LogP contribution in [0.5, 0.6) is 0 Å². The fourth-order valence-corrected chi connectivity index (χ4v) is 4.24. The molecule has 1 amide bonds. The summed E-state index contributed by atoms with van der Waals surface area (Å²) in [5, 5.41) is 11.4. The zero-order valence-corrected chi connectivity index (χ0v) is 17.5. The summed E-state index contributed by atoms with van der Waals surface area (Å²) in [6.07, 6.45) is 3.34. The van der Waals surface area contributed by atoms with Crippen LogP contribution in [0.15, 0.2) is 29.2 Å². The van der Waals surface area contributed by atoms with Gasteiger partial charge in [-0.25, -0.2) is 17.9 Å². The van der Waals surface area contributed by atoms with Crippen molar-refractivity contribution in [3.8, 4) is 6.07 Å². The van der Waals surface area contributed by atoms with Crippen molar-refractivity contribution in [2.45, 2.75) is 63.0 Å². The molecule has 8 nitrogen and oxygen atoms in total. The Morgan fingerprint density at radius 1 is 1.24 bits per heavy atom. The summed E-state index contributed by atoms with van der Waals surface area (Å²) in [5.74, 6) is -0.643. The van der Waals surface area contributed by atoms with E-state index in [1.165, 1.54) is 31.2 Å². The Kier molecular flexibility index (Phi) is 8.17. The number of amides is 1. The second kappa shape index (κ2) is 10.4. The highest BCUT2D eigenvalue weighted by atomic mass is 32.2. The van der Waals surface area contributed by atoms with Crippen LogP contribution in [-0.2, 0) is 19.6 Å². The van der Waals surface area contributed by atoms with Gasteiger partial charge in [-0.05, 0) is 49.9 Å². The summed E-state index contributed by atoms with van der Waals surface area (Å²) >= 11 is 0. The number of ether oxygens (including phenoxy) is 1. The van der Waals surface area contributed by atoms with E-state index in [1.54, 1.807) is 0 Å². The third kappa shape index (κ3) is 6.54. The van der Waals surface area contributed by atoms with Gasteiger partial charge in [-0.15, -0.1) is 0 Å². The van der Waals surface area contributed by atoms with Gasteiger partial charge in [0.25, 0.3) is 5.91 Å². The van der Waals surface area contributed by atoms with Crippen molar-refractivity contribution in [2.75, 3.05) is 6.54 Å². The molecule has 2 rings (SSSR count). The molecule has 0 spiro atoms. The Morgan fingerprint density at radius 2 is 1.90 bits per heavy atom. The number of hydrogen-bond acceptors (Lipinski definition) is 6. The Morgan fingerprint density at radius 3 is 2.52 bits per heavy atom. The van der Waals surface area contributed by atoms with E-state index in [9.17, 15) is 18.0 Å². The fourth-order valence-electron chi connectivity index (χ4n) is 3.21. The minimum absolute atomic E-state index is 0.00879. The minimum Gasteiger partial charge on any atom is -0.449 e. The van der Waals surface area contributed by atoms with Gasteiger partial charge in [0.05, 0.1) is 16.5 Å². The first kappa shape index (κ1) is 22.8. The van der Waals surface area contributed by atoms with Crippen LogP contribution in [0, 0.1) is 17.2 Å². The highest BCUT2D eigenvalue weighted by molar-refractivity contribution is 7.89. The fraction of sp³-hybridized carbons (Fsp3) is 0.550. The van der Waals surface area contributed by atoms with E-state index in [1.807, 2.05) is 6.07 Å². The van der Waals surface area contributed by atoms with Gasteiger partial charge in [-0.1, -0.05) is 19.8 Å². The van der Waals surface area contributed by atoms with Crippen molar-refractivity contribution >= 4 is 21.9 Å². The van der Waals surface area contributed by atoms with Crippen molar-refractivity contribution in [3.05, 3.63) is 29.8 Å². The van der Waals surface area contributed by atoms with Crippen molar-refractivity contribution in [3.63, 3.8) is 0 Å². The Labute approximate surface area is 171 Å². The van der Waals surface area contributed by atoms with Crippen LogP contribution in [-0.4, -0.2) is 39.0 Å². The van der Waals surface area contributed by atoms with Gasteiger partial charge in [-0.2, -0.15) is 5.26 Å². The van der Waals surface area contributed by atoms with Gasteiger partial charge in [0, 0.05) is 19.0 Å². The van der Waals surface area contributed by atoms with Crippen molar-refractivity contribution in [1.29, 1.82) is 5.26 Å². The van der Waals surface area contributed by atoms with E-state index in [4.69, 9.17) is 10.00 Å². The number of hydrogen-bond donors (Lipinski definition) is 2. The van der Waals surface area contributed by atoms with E-state index in [2.05, 4.69) is 17.0 Å². The summed E-state index contributed by atoms with van der Waals surface area (Å²) < 4.78 is 31.7. The molecule has 158 valence electrons. The predicted molar refractivity (Wildman–Crippen MR) is 106 cm³/mol. The molecule has 3 atom stereocenters. The number of carbonyl (C=O) groups excluding carboxylic acids is 2. The Balaban J connectivity index is 1.92. The zero-order valence-electron chi connectivity index (χ0n) is 16.7. The molecule has 0 bridgehead atoms. The van der Waals surface area contributed by atoms with E-state index < -0.39 is 22.1 Å². The monoisotopic (exact) mass is 421 g/mol. The minimum atomic E-state index is -3.75. The smallest absolute Gasteiger partial charge is 0.338 e. The molecule has 1 aromatic carbocycles. The normalized spacial score (nSPS) is 20.3. The van der Waals surface area contributed by atoms with Crippen molar-refractivity contribution < 1.29 is 22.7 Å². The van der Waals surface area contributed by atoms with Crippen LogP contribution >= 0.6 is 0 Å². The average Bonchev–Trinajstić information content (AvgIpc) is 2.69. The maximum Gasteiger partial charge on any atom is 0.338 e. The van der Waals surface area contributed by atoms with Gasteiger partial charge in [0.15, 0.2) is 6.10 Å². The van der Waals surface area contributed by atoms with E-state index >= 15 is 0 Å². The number of nitrogens with one attached hydrogen (secondary N) is 2. The Bertz CT molecular complexity index is 861. The second-order valence-corrected chi connectivity index (χ2v) is 9.02. The lowest BCUT2D eigenvalue weighted by atomic mass is 9.86. The molecule has 1 aliphatic carbocycles. The number of benzene rings is 1. The molecular formula is C20H27N3O5S. The second-order valence-electron chi connectivity index (χ2n) is 7.25. The summed E-state index contributed by atoms with van der Waals surface area (Å²) in [6.45, 7) is 3.62. The van der Waals surface area contributed by atoms with Crippen molar-refractivity contribution in [1.82, 2.24) is 10.0 Å². The van der Waals surface area contributed by atoms with Gasteiger partial charge in [0.2, 0.25) is 10.0 Å². The first-order valence-corrected chi connectivity index (χ1v) is 11.2. The van der Waals surface area contributed by atoms with Gasteiger partial charge >= 0.3 is 5.97 Å². The third-order valence-corrected chi connectivity index (χ3v) is 6.50. The van der Waals surface area contributed by atoms with E-state index in [0.717, 1.165) is 25.7 Å². The maximum atomic E-state index is 12.3. The molecule has 0 aromatic heterocycles. The van der Waals surface area contributed by atoms with Crippen LogP contribution in [0.4, 0.5) is 0 Å². The predicted octanol–water partition coefficient (Wildman–Crippen LogP) is 2.12. The molecule has 0 aliphatic heterocycles. The molecule has 1 saturated carbocycles.